The molecule has 0 aliphatic heterocycles. The SMILES string of the molecule is CC(O)C(N)C(=O)NC(CC(=O)O)C(=O)NC(CC(N)=O)C(=O)NC(CCCCN)C(=O)O. The molecule has 188 valence electrons. The molecular formula is C18H32N6O9. The fourth-order valence-corrected chi connectivity index (χ4v) is 2.58. The van der Waals surface area contributed by atoms with Crippen molar-refractivity contribution in [3.8, 4) is 0 Å². The Morgan fingerprint density at radius 3 is 1.73 bits per heavy atom. The minimum absolute atomic E-state index is 0.0322. The molecule has 0 heterocycles. The van der Waals surface area contributed by atoms with Gasteiger partial charge in [-0.15, -0.1) is 0 Å². The van der Waals surface area contributed by atoms with Crippen molar-refractivity contribution < 1.29 is 44.1 Å². The van der Waals surface area contributed by atoms with E-state index in [9.17, 15) is 39.0 Å². The predicted octanol–water partition coefficient (Wildman–Crippen LogP) is -4.29. The smallest absolute Gasteiger partial charge is 0.326 e. The van der Waals surface area contributed by atoms with Crippen LogP contribution in [0.5, 0.6) is 0 Å². The Kier molecular flexibility index (Phi) is 13.2. The Morgan fingerprint density at radius 2 is 1.30 bits per heavy atom. The van der Waals surface area contributed by atoms with E-state index in [1.165, 1.54) is 6.92 Å². The molecule has 15 heteroatoms. The number of carbonyl (C=O) groups excluding carboxylic acids is 4. The number of primary amides is 1. The van der Waals surface area contributed by atoms with Crippen molar-refractivity contribution in [1.82, 2.24) is 16.0 Å². The normalized spacial score (nSPS) is 15.3. The number of rotatable bonds is 16. The number of carboxylic acids is 2. The van der Waals surface area contributed by atoms with Gasteiger partial charge in [-0.1, -0.05) is 0 Å². The minimum Gasteiger partial charge on any atom is -0.481 e. The summed E-state index contributed by atoms with van der Waals surface area (Å²) in [5.41, 5.74) is 15.9. The largest absolute Gasteiger partial charge is 0.481 e. The van der Waals surface area contributed by atoms with Crippen LogP contribution in [-0.2, 0) is 28.8 Å². The van der Waals surface area contributed by atoms with Crippen LogP contribution >= 0.6 is 0 Å². The van der Waals surface area contributed by atoms with Crippen LogP contribution in [0.15, 0.2) is 0 Å². The molecule has 33 heavy (non-hydrogen) atoms. The minimum atomic E-state index is -1.72. The van der Waals surface area contributed by atoms with Crippen molar-refractivity contribution in [3.05, 3.63) is 0 Å². The standard InChI is InChI=1S/C18H32N6O9/c1-8(25)14(21)17(31)24-11(7-13(27)28)16(30)23-10(6-12(20)26)15(29)22-9(18(32)33)4-2-3-5-19/h8-11,14,25H,2-7,19,21H2,1H3,(H2,20,26)(H,22,29)(H,23,30)(H,24,31)(H,27,28)(H,32,33). The number of nitrogens with one attached hydrogen (secondary N) is 3. The van der Waals surface area contributed by atoms with Gasteiger partial charge in [0.2, 0.25) is 23.6 Å². The molecule has 0 aliphatic carbocycles. The third-order valence-electron chi connectivity index (χ3n) is 4.43. The molecule has 0 saturated heterocycles. The summed E-state index contributed by atoms with van der Waals surface area (Å²) in [7, 11) is 0. The van der Waals surface area contributed by atoms with Crippen LogP contribution in [0.3, 0.4) is 0 Å². The summed E-state index contributed by atoms with van der Waals surface area (Å²) in [6.07, 6.45) is -2.02. The van der Waals surface area contributed by atoms with E-state index in [0.29, 0.717) is 19.4 Å². The quantitative estimate of drug-likeness (QED) is 0.0960. The van der Waals surface area contributed by atoms with E-state index in [4.69, 9.17) is 22.3 Å². The monoisotopic (exact) mass is 476 g/mol. The summed E-state index contributed by atoms with van der Waals surface area (Å²) in [6.45, 7) is 1.52. The third-order valence-corrected chi connectivity index (χ3v) is 4.43. The summed E-state index contributed by atoms with van der Waals surface area (Å²) in [4.78, 5) is 71.0. The molecule has 0 rings (SSSR count). The Hall–Kier alpha value is -3.30. The second-order valence-electron chi connectivity index (χ2n) is 7.34. The van der Waals surface area contributed by atoms with Crippen molar-refractivity contribution >= 4 is 35.6 Å². The number of hydrogen-bond acceptors (Lipinski definition) is 9. The van der Waals surface area contributed by atoms with Crippen molar-refractivity contribution in [1.29, 1.82) is 0 Å². The van der Waals surface area contributed by atoms with Gasteiger partial charge in [0.05, 0.1) is 18.9 Å². The molecule has 0 radical (unpaired) electrons. The van der Waals surface area contributed by atoms with E-state index in [1.807, 2.05) is 5.32 Å². The third kappa shape index (κ3) is 11.8. The number of carbonyl (C=O) groups is 6. The highest BCUT2D eigenvalue weighted by molar-refractivity contribution is 5.97. The maximum Gasteiger partial charge on any atom is 0.326 e. The summed E-state index contributed by atoms with van der Waals surface area (Å²) < 4.78 is 0. The van der Waals surface area contributed by atoms with Gasteiger partial charge in [-0.25, -0.2) is 4.79 Å². The van der Waals surface area contributed by atoms with Crippen molar-refractivity contribution in [3.63, 3.8) is 0 Å². The fourth-order valence-electron chi connectivity index (χ4n) is 2.58. The zero-order valence-corrected chi connectivity index (χ0v) is 18.2. The molecule has 0 spiro atoms. The van der Waals surface area contributed by atoms with E-state index in [2.05, 4.69) is 10.6 Å². The number of aliphatic hydroxyl groups is 1. The van der Waals surface area contributed by atoms with Crippen LogP contribution in [0.25, 0.3) is 0 Å². The van der Waals surface area contributed by atoms with Crippen molar-refractivity contribution in [2.24, 2.45) is 17.2 Å². The molecular weight excluding hydrogens is 444 g/mol. The number of nitrogens with two attached hydrogens (primary N) is 3. The van der Waals surface area contributed by atoms with Gasteiger partial charge in [0.15, 0.2) is 0 Å². The molecule has 0 saturated carbocycles. The van der Waals surface area contributed by atoms with Crippen molar-refractivity contribution in [2.75, 3.05) is 6.54 Å². The van der Waals surface area contributed by atoms with Gasteiger partial charge in [0.25, 0.3) is 0 Å². The van der Waals surface area contributed by atoms with Gasteiger partial charge < -0.3 is 48.5 Å². The topological polar surface area (TPSA) is 277 Å². The van der Waals surface area contributed by atoms with Gasteiger partial charge in [0.1, 0.15) is 24.2 Å². The Bertz CT molecular complexity index is 730. The highest BCUT2D eigenvalue weighted by atomic mass is 16.4. The number of carboxylic acid groups (broad SMARTS) is 2. The van der Waals surface area contributed by atoms with E-state index in [1.54, 1.807) is 0 Å². The van der Waals surface area contributed by atoms with Gasteiger partial charge in [0, 0.05) is 0 Å². The molecule has 0 aromatic heterocycles. The maximum absolute atomic E-state index is 12.6. The number of aliphatic hydroxyl groups excluding tert-OH is 1. The second kappa shape index (κ2) is 14.7. The maximum atomic E-state index is 12.6. The first kappa shape index (κ1) is 29.7. The lowest BCUT2D eigenvalue weighted by molar-refractivity contribution is -0.143. The van der Waals surface area contributed by atoms with Gasteiger partial charge in [-0.05, 0) is 32.7 Å². The molecule has 15 nitrogen and oxygen atoms in total. The summed E-state index contributed by atoms with van der Waals surface area (Å²) in [5, 5.41) is 34.0. The number of aliphatic carboxylic acids is 2. The number of amides is 4. The molecule has 4 amide bonds. The predicted molar refractivity (Wildman–Crippen MR) is 112 cm³/mol. The van der Waals surface area contributed by atoms with E-state index >= 15 is 0 Å². The van der Waals surface area contributed by atoms with Gasteiger partial charge in [-0.2, -0.15) is 0 Å². The molecule has 0 aromatic carbocycles. The van der Waals surface area contributed by atoms with Crippen LogP contribution in [0.4, 0.5) is 0 Å². The lowest BCUT2D eigenvalue weighted by atomic mass is 10.1. The van der Waals surface area contributed by atoms with E-state index in [0.717, 1.165) is 0 Å². The highest BCUT2D eigenvalue weighted by Gasteiger charge is 2.32. The van der Waals surface area contributed by atoms with Crippen LogP contribution in [-0.4, -0.2) is 87.7 Å². The van der Waals surface area contributed by atoms with Crippen LogP contribution < -0.4 is 33.2 Å². The number of unbranched alkanes of at least 4 members (excludes halogenated alkanes) is 1. The lowest BCUT2D eigenvalue weighted by Crippen LogP contribution is -2.59. The molecule has 0 fully saturated rings. The van der Waals surface area contributed by atoms with Crippen molar-refractivity contribution in [2.45, 2.75) is 69.3 Å². The second-order valence-corrected chi connectivity index (χ2v) is 7.34. The van der Waals surface area contributed by atoms with Gasteiger partial charge in [-0.3, -0.25) is 24.0 Å². The fraction of sp³-hybridized carbons (Fsp3) is 0.667. The van der Waals surface area contributed by atoms with Crippen LogP contribution in [0.2, 0.25) is 0 Å². The van der Waals surface area contributed by atoms with Crippen LogP contribution in [0.1, 0.15) is 39.0 Å². The molecule has 5 unspecified atom stereocenters. The Morgan fingerprint density at radius 1 is 0.818 bits per heavy atom. The molecule has 5 atom stereocenters. The summed E-state index contributed by atoms with van der Waals surface area (Å²) in [5.74, 6) is -7.10. The first-order valence-electron chi connectivity index (χ1n) is 10.1. The van der Waals surface area contributed by atoms with E-state index < -0.39 is 78.7 Å². The molecule has 0 bridgehead atoms. The summed E-state index contributed by atoms with van der Waals surface area (Å²) >= 11 is 0. The van der Waals surface area contributed by atoms with E-state index in [-0.39, 0.29) is 6.42 Å². The average Bonchev–Trinajstić information content (AvgIpc) is 2.70. The first-order valence-corrected chi connectivity index (χ1v) is 10.1. The Balaban J connectivity index is 5.50. The number of hydrogen-bond donors (Lipinski definition) is 9. The van der Waals surface area contributed by atoms with Crippen LogP contribution in [0, 0.1) is 0 Å². The highest BCUT2D eigenvalue weighted by Crippen LogP contribution is 2.04. The molecule has 0 aromatic rings. The summed E-state index contributed by atoms with van der Waals surface area (Å²) in [6, 6.07) is -6.17. The zero-order chi connectivity index (χ0) is 25.7. The zero-order valence-electron chi connectivity index (χ0n) is 18.2. The average molecular weight is 476 g/mol. The molecule has 12 N–H and O–H groups in total. The lowest BCUT2D eigenvalue weighted by Gasteiger charge is -2.24. The first-order chi connectivity index (χ1) is 15.3. The van der Waals surface area contributed by atoms with Gasteiger partial charge >= 0.3 is 11.9 Å². The Labute approximate surface area is 189 Å². The molecule has 0 aliphatic rings.